The predicted octanol–water partition coefficient (Wildman–Crippen LogP) is 3.37. The van der Waals surface area contributed by atoms with Gasteiger partial charge in [-0.25, -0.2) is 4.98 Å². The molecule has 1 aliphatic heterocycles. The lowest BCUT2D eigenvalue weighted by atomic mass is 10.1. The molecule has 0 saturated carbocycles. The summed E-state index contributed by atoms with van der Waals surface area (Å²) in [5, 5.41) is 11.5. The molecule has 0 radical (unpaired) electrons. The standard InChI is InChI=1S/C22H25N3O2/c1-2-24-11-13-25(14-12-24)22-18-8-4-3-7-17(18)15-20(23-22)19-9-5-6-10-21(19)27-16-26/h3-10,15,26H,2,11-14,16H2,1H3. The van der Waals surface area contributed by atoms with Crippen molar-refractivity contribution in [3.63, 3.8) is 0 Å². The maximum atomic E-state index is 9.21. The summed E-state index contributed by atoms with van der Waals surface area (Å²) in [7, 11) is 0. The SMILES string of the molecule is CCN1CCN(c2nc(-c3ccccc3OCO)cc3ccccc23)CC1. The molecule has 5 heteroatoms. The van der Waals surface area contributed by atoms with Crippen molar-refractivity contribution >= 4 is 16.6 Å². The first-order valence-corrected chi connectivity index (χ1v) is 9.50. The van der Waals surface area contributed by atoms with Crippen LogP contribution in [0.1, 0.15) is 6.92 Å². The van der Waals surface area contributed by atoms with Crippen LogP contribution in [0.25, 0.3) is 22.0 Å². The molecule has 140 valence electrons. The molecule has 0 bridgehead atoms. The summed E-state index contributed by atoms with van der Waals surface area (Å²) in [5.74, 6) is 1.67. The van der Waals surface area contributed by atoms with Crippen LogP contribution >= 0.6 is 0 Å². The average molecular weight is 363 g/mol. The number of fused-ring (bicyclic) bond motifs is 1. The van der Waals surface area contributed by atoms with Crippen molar-refractivity contribution in [2.75, 3.05) is 44.4 Å². The number of para-hydroxylation sites is 1. The highest BCUT2D eigenvalue weighted by Crippen LogP contribution is 2.34. The lowest BCUT2D eigenvalue weighted by Crippen LogP contribution is -2.46. The Bertz CT molecular complexity index is 920. The van der Waals surface area contributed by atoms with Gasteiger partial charge in [-0.15, -0.1) is 0 Å². The summed E-state index contributed by atoms with van der Waals surface area (Å²) in [6.07, 6.45) is 0. The van der Waals surface area contributed by atoms with Crippen molar-refractivity contribution in [2.24, 2.45) is 0 Å². The molecule has 2 heterocycles. The number of benzene rings is 2. The largest absolute Gasteiger partial charge is 0.467 e. The van der Waals surface area contributed by atoms with Crippen LogP contribution in [0.15, 0.2) is 54.6 Å². The van der Waals surface area contributed by atoms with E-state index < -0.39 is 0 Å². The molecule has 0 atom stereocenters. The zero-order valence-corrected chi connectivity index (χ0v) is 15.6. The fraction of sp³-hybridized carbons (Fsp3) is 0.318. The lowest BCUT2D eigenvalue weighted by molar-refractivity contribution is 0.0990. The minimum absolute atomic E-state index is 0.351. The van der Waals surface area contributed by atoms with Gasteiger partial charge in [0.15, 0.2) is 6.79 Å². The van der Waals surface area contributed by atoms with Crippen LogP contribution in [0.3, 0.4) is 0 Å². The normalized spacial score (nSPS) is 15.3. The number of nitrogens with zero attached hydrogens (tertiary/aromatic N) is 3. The number of likely N-dealkylation sites (N-methyl/N-ethyl adjacent to an activating group) is 1. The lowest BCUT2D eigenvalue weighted by Gasteiger charge is -2.35. The summed E-state index contributed by atoms with van der Waals surface area (Å²) in [6, 6.07) is 18.2. The number of rotatable bonds is 5. The average Bonchev–Trinajstić information content (AvgIpc) is 2.74. The third-order valence-corrected chi connectivity index (χ3v) is 5.22. The fourth-order valence-corrected chi connectivity index (χ4v) is 3.71. The second kappa shape index (κ2) is 7.94. The second-order valence-electron chi connectivity index (χ2n) is 6.74. The van der Waals surface area contributed by atoms with Gasteiger partial charge in [-0.2, -0.15) is 0 Å². The molecule has 3 aromatic rings. The number of aliphatic hydroxyl groups is 1. The number of pyridine rings is 1. The topological polar surface area (TPSA) is 48.8 Å². The third kappa shape index (κ3) is 3.61. The van der Waals surface area contributed by atoms with Crippen molar-refractivity contribution < 1.29 is 9.84 Å². The molecule has 2 aromatic carbocycles. The van der Waals surface area contributed by atoms with E-state index >= 15 is 0 Å². The quantitative estimate of drug-likeness (QED) is 0.705. The van der Waals surface area contributed by atoms with Crippen LogP contribution in [0, 0.1) is 0 Å². The van der Waals surface area contributed by atoms with E-state index in [0.717, 1.165) is 55.2 Å². The van der Waals surface area contributed by atoms with E-state index in [1.54, 1.807) is 0 Å². The van der Waals surface area contributed by atoms with Gasteiger partial charge >= 0.3 is 0 Å². The first-order valence-electron chi connectivity index (χ1n) is 9.50. The van der Waals surface area contributed by atoms with Gasteiger partial charge in [-0.05, 0) is 30.1 Å². The van der Waals surface area contributed by atoms with Gasteiger partial charge in [-0.3, -0.25) is 0 Å². The number of hydrogen-bond acceptors (Lipinski definition) is 5. The number of aromatic nitrogens is 1. The Kier molecular flexibility index (Phi) is 5.23. The van der Waals surface area contributed by atoms with Gasteiger partial charge in [-0.1, -0.05) is 43.3 Å². The van der Waals surface area contributed by atoms with E-state index in [9.17, 15) is 5.11 Å². The molecule has 0 spiro atoms. The molecule has 1 aliphatic rings. The molecule has 4 rings (SSSR count). The van der Waals surface area contributed by atoms with Gasteiger partial charge in [0.25, 0.3) is 0 Å². The second-order valence-corrected chi connectivity index (χ2v) is 6.74. The molecule has 0 aliphatic carbocycles. The molecule has 0 amide bonds. The van der Waals surface area contributed by atoms with Crippen LogP contribution in [0.4, 0.5) is 5.82 Å². The Morgan fingerprint density at radius 2 is 1.74 bits per heavy atom. The summed E-state index contributed by atoms with van der Waals surface area (Å²) >= 11 is 0. The van der Waals surface area contributed by atoms with Crippen LogP contribution in [-0.2, 0) is 0 Å². The van der Waals surface area contributed by atoms with Gasteiger partial charge in [0, 0.05) is 37.1 Å². The number of piperazine rings is 1. The van der Waals surface area contributed by atoms with Gasteiger partial charge in [0.05, 0.1) is 5.69 Å². The summed E-state index contributed by atoms with van der Waals surface area (Å²) in [4.78, 5) is 9.88. The van der Waals surface area contributed by atoms with Crippen molar-refractivity contribution in [2.45, 2.75) is 6.92 Å². The molecular formula is C22H25N3O2. The molecule has 0 unspecified atom stereocenters. The number of hydrogen-bond donors (Lipinski definition) is 1. The molecule has 1 aromatic heterocycles. The molecule has 27 heavy (non-hydrogen) atoms. The monoisotopic (exact) mass is 363 g/mol. The van der Waals surface area contributed by atoms with Crippen LogP contribution in [0.2, 0.25) is 0 Å². The number of aliphatic hydroxyl groups excluding tert-OH is 1. The Morgan fingerprint density at radius 1 is 1.00 bits per heavy atom. The van der Waals surface area contributed by atoms with Crippen molar-refractivity contribution in [3.05, 3.63) is 54.6 Å². The Labute approximate surface area is 159 Å². The zero-order chi connectivity index (χ0) is 18.6. The highest BCUT2D eigenvalue weighted by atomic mass is 16.6. The van der Waals surface area contributed by atoms with Crippen LogP contribution in [0.5, 0.6) is 5.75 Å². The van der Waals surface area contributed by atoms with E-state index in [1.807, 2.05) is 24.3 Å². The van der Waals surface area contributed by atoms with E-state index in [2.05, 4.69) is 47.1 Å². The maximum absolute atomic E-state index is 9.21. The van der Waals surface area contributed by atoms with Crippen molar-refractivity contribution in [1.82, 2.24) is 9.88 Å². The smallest absolute Gasteiger partial charge is 0.186 e. The van der Waals surface area contributed by atoms with Crippen molar-refractivity contribution in [3.8, 4) is 17.0 Å². The third-order valence-electron chi connectivity index (χ3n) is 5.22. The van der Waals surface area contributed by atoms with Crippen LogP contribution < -0.4 is 9.64 Å². The minimum atomic E-state index is -0.351. The van der Waals surface area contributed by atoms with Crippen molar-refractivity contribution in [1.29, 1.82) is 0 Å². The van der Waals surface area contributed by atoms with Crippen LogP contribution in [-0.4, -0.2) is 54.5 Å². The van der Waals surface area contributed by atoms with E-state index in [4.69, 9.17) is 9.72 Å². The zero-order valence-electron chi connectivity index (χ0n) is 15.6. The van der Waals surface area contributed by atoms with E-state index in [-0.39, 0.29) is 6.79 Å². The molecular weight excluding hydrogens is 338 g/mol. The Hall–Kier alpha value is -2.63. The van der Waals surface area contributed by atoms with Gasteiger partial charge < -0.3 is 19.6 Å². The van der Waals surface area contributed by atoms with Gasteiger partial charge in [0.2, 0.25) is 0 Å². The van der Waals surface area contributed by atoms with E-state index in [1.165, 1.54) is 5.39 Å². The molecule has 1 fully saturated rings. The predicted molar refractivity (Wildman–Crippen MR) is 109 cm³/mol. The number of anilines is 1. The number of ether oxygens (including phenoxy) is 1. The molecule has 1 N–H and O–H groups in total. The molecule has 5 nitrogen and oxygen atoms in total. The fourth-order valence-electron chi connectivity index (χ4n) is 3.71. The first-order chi connectivity index (χ1) is 13.3. The first kappa shape index (κ1) is 17.8. The van der Waals surface area contributed by atoms with E-state index in [0.29, 0.717) is 5.75 Å². The maximum Gasteiger partial charge on any atom is 0.186 e. The highest BCUT2D eigenvalue weighted by molar-refractivity contribution is 5.95. The molecule has 1 saturated heterocycles. The summed E-state index contributed by atoms with van der Waals surface area (Å²) in [6.45, 7) is 7.01. The van der Waals surface area contributed by atoms with Gasteiger partial charge in [0.1, 0.15) is 11.6 Å². The summed E-state index contributed by atoms with van der Waals surface area (Å²) in [5.41, 5.74) is 1.76. The minimum Gasteiger partial charge on any atom is -0.467 e. The Morgan fingerprint density at radius 3 is 2.52 bits per heavy atom. The summed E-state index contributed by atoms with van der Waals surface area (Å²) < 4.78 is 5.41. The Balaban J connectivity index is 1.80. The highest BCUT2D eigenvalue weighted by Gasteiger charge is 2.20.